The van der Waals surface area contributed by atoms with E-state index in [-0.39, 0.29) is 0 Å². The van der Waals surface area contributed by atoms with Gasteiger partial charge in [-0.25, -0.2) is 10.3 Å². The number of amides is 2. The van der Waals surface area contributed by atoms with Gasteiger partial charge in [-0.05, 0) is 25.7 Å². The topological polar surface area (TPSA) is 116 Å². The Morgan fingerprint density at radius 3 is 2.58 bits per heavy atom. The van der Waals surface area contributed by atoms with Crippen LogP contribution >= 0.6 is 0 Å². The maximum atomic E-state index is 12.8. The van der Waals surface area contributed by atoms with Crippen molar-refractivity contribution in [3.05, 3.63) is 0 Å². The zero-order valence-corrected chi connectivity index (χ0v) is 14.4. The summed E-state index contributed by atoms with van der Waals surface area (Å²) in [6.07, 6.45) is 1.96. The van der Waals surface area contributed by atoms with Gasteiger partial charge in [-0.3, -0.25) is 14.8 Å². The van der Waals surface area contributed by atoms with Crippen LogP contribution in [-0.2, 0) is 19.1 Å². The number of aliphatic hydroxyl groups excluding tert-OH is 1. The van der Waals surface area contributed by atoms with E-state index in [2.05, 4.69) is 0 Å². The molecule has 0 aromatic rings. The van der Waals surface area contributed by atoms with E-state index in [0.29, 0.717) is 45.3 Å². The third-order valence-electron chi connectivity index (χ3n) is 4.20. The van der Waals surface area contributed by atoms with Gasteiger partial charge in [0.1, 0.15) is 12.1 Å². The van der Waals surface area contributed by atoms with E-state index in [1.807, 2.05) is 13.8 Å². The Morgan fingerprint density at radius 1 is 1.29 bits per heavy atom. The van der Waals surface area contributed by atoms with Gasteiger partial charge < -0.3 is 14.7 Å². The molecule has 1 saturated heterocycles. The molecule has 0 spiro atoms. The van der Waals surface area contributed by atoms with Gasteiger partial charge in [0.15, 0.2) is 0 Å². The quantitative estimate of drug-likeness (QED) is 0.320. The average Bonchev–Trinajstić information content (AvgIpc) is 3.08. The van der Waals surface area contributed by atoms with E-state index >= 15 is 0 Å². The Balaban J connectivity index is 2.86. The summed E-state index contributed by atoms with van der Waals surface area (Å²) in [5.41, 5.74) is 1.38. The number of hydroxylamine groups is 1. The van der Waals surface area contributed by atoms with Crippen LogP contribution in [0, 0.1) is 5.92 Å². The van der Waals surface area contributed by atoms with Crippen molar-refractivity contribution < 1.29 is 29.4 Å². The first-order valence-corrected chi connectivity index (χ1v) is 8.57. The molecule has 1 rings (SSSR count). The van der Waals surface area contributed by atoms with Gasteiger partial charge in [-0.1, -0.05) is 26.7 Å². The Hall–Kier alpha value is -1.67. The average molecular weight is 344 g/mol. The lowest BCUT2D eigenvalue weighted by atomic mass is 9.93. The molecule has 3 atom stereocenters. The van der Waals surface area contributed by atoms with Crippen LogP contribution in [0.3, 0.4) is 0 Å². The maximum absolute atomic E-state index is 12.8. The monoisotopic (exact) mass is 344 g/mol. The SMILES string of the molecule is CCCC[C@@H](C(=O)N1CCC[C@H]1C(=O)OCCC)[C@H](O)C(=O)NO. The predicted octanol–water partition coefficient (Wildman–Crippen LogP) is 0.603. The molecule has 0 aromatic carbocycles. The molecule has 0 bridgehead atoms. The van der Waals surface area contributed by atoms with Crippen molar-refractivity contribution in [2.24, 2.45) is 5.92 Å². The number of nitrogens with zero attached hydrogens (tertiary/aromatic N) is 1. The first-order chi connectivity index (χ1) is 11.5. The largest absolute Gasteiger partial charge is 0.464 e. The molecule has 24 heavy (non-hydrogen) atoms. The lowest BCUT2D eigenvalue weighted by Crippen LogP contribution is -2.50. The molecule has 1 fully saturated rings. The second kappa shape index (κ2) is 10.2. The van der Waals surface area contributed by atoms with E-state index in [9.17, 15) is 19.5 Å². The molecule has 2 amide bonds. The summed E-state index contributed by atoms with van der Waals surface area (Å²) in [4.78, 5) is 37.8. The zero-order valence-electron chi connectivity index (χ0n) is 14.4. The summed E-state index contributed by atoms with van der Waals surface area (Å²) in [5, 5.41) is 18.8. The summed E-state index contributed by atoms with van der Waals surface area (Å²) in [6.45, 7) is 4.50. The number of esters is 1. The lowest BCUT2D eigenvalue weighted by Gasteiger charge is -2.29. The normalized spacial score (nSPS) is 19.7. The van der Waals surface area contributed by atoms with Crippen LogP contribution in [0.1, 0.15) is 52.4 Å². The van der Waals surface area contributed by atoms with E-state index in [1.165, 1.54) is 10.4 Å². The molecule has 138 valence electrons. The van der Waals surface area contributed by atoms with Crippen LogP contribution in [-0.4, -0.2) is 58.3 Å². The summed E-state index contributed by atoms with van der Waals surface area (Å²) in [7, 11) is 0. The van der Waals surface area contributed by atoms with Crippen molar-refractivity contribution in [3.63, 3.8) is 0 Å². The first kappa shape index (κ1) is 20.4. The van der Waals surface area contributed by atoms with Gasteiger partial charge in [0.2, 0.25) is 5.91 Å². The number of carbonyl (C=O) groups excluding carboxylic acids is 3. The first-order valence-electron chi connectivity index (χ1n) is 8.57. The van der Waals surface area contributed by atoms with Gasteiger partial charge in [-0.2, -0.15) is 0 Å². The van der Waals surface area contributed by atoms with E-state index < -0.39 is 35.8 Å². The molecule has 0 aliphatic carbocycles. The molecule has 8 nitrogen and oxygen atoms in total. The Labute approximate surface area is 142 Å². The number of nitrogens with one attached hydrogen (secondary N) is 1. The zero-order chi connectivity index (χ0) is 18.1. The second-order valence-corrected chi connectivity index (χ2v) is 6.03. The highest BCUT2D eigenvalue weighted by Crippen LogP contribution is 2.25. The van der Waals surface area contributed by atoms with Crippen molar-refractivity contribution in [3.8, 4) is 0 Å². The van der Waals surface area contributed by atoms with Crippen molar-refractivity contribution >= 4 is 17.8 Å². The minimum atomic E-state index is -1.65. The van der Waals surface area contributed by atoms with Crippen LogP contribution in [0.15, 0.2) is 0 Å². The van der Waals surface area contributed by atoms with E-state index in [4.69, 9.17) is 9.94 Å². The molecule has 0 saturated carbocycles. The molecule has 3 N–H and O–H groups in total. The molecule has 1 heterocycles. The number of ether oxygens (including phenoxy) is 1. The lowest BCUT2D eigenvalue weighted by molar-refractivity contribution is -0.158. The number of hydrogen-bond donors (Lipinski definition) is 3. The summed E-state index contributed by atoms with van der Waals surface area (Å²) >= 11 is 0. The highest BCUT2D eigenvalue weighted by Gasteiger charge is 2.41. The van der Waals surface area contributed by atoms with Crippen molar-refractivity contribution in [2.45, 2.75) is 64.5 Å². The van der Waals surface area contributed by atoms with Gasteiger partial charge in [0.25, 0.3) is 5.91 Å². The van der Waals surface area contributed by atoms with Gasteiger partial charge in [0.05, 0.1) is 12.5 Å². The van der Waals surface area contributed by atoms with Gasteiger partial charge in [0, 0.05) is 6.54 Å². The van der Waals surface area contributed by atoms with Crippen LogP contribution in [0.2, 0.25) is 0 Å². The predicted molar refractivity (Wildman–Crippen MR) is 84.9 cm³/mol. The molecule has 0 unspecified atom stereocenters. The standard InChI is InChI=1S/C16H28N2O6/c1-3-5-7-11(13(19)14(20)17-23)15(21)18-9-6-8-12(18)16(22)24-10-4-2/h11-13,19,23H,3-10H2,1-2H3,(H,17,20)/t11-,12+,13+/m1/s1. The van der Waals surface area contributed by atoms with Gasteiger partial charge in [-0.15, -0.1) is 0 Å². The molecule has 1 aliphatic rings. The van der Waals surface area contributed by atoms with E-state index in [1.54, 1.807) is 0 Å². The van der Waals surface area contributed by atoms with Crippen LogP contribution in [0.25, 0.3) is 0 Å². The fourth-order valence-corrected chi connectivity index (χ4v) is 2.88. The number of hydrogen-bond acceptors (Lipinski definition) is 6. The number of aliphatic hydroxyl groups is 1. The summed E-state index contributed by atoms with van der Waals surface area (Å²) in [6, 6.07) is -0.669. The molecule has 8 heteroatoms. The number of rotatable bonds is 9. The molecular weight excluding hydrogens is 316 g/mol. The van der Waals surface area contributed by atoms with Crippen molar-refractivity contribution in [1.82, 2.24) is 10.4 Å². The maximum Gasteiger partial charge on any atom is 0.328 e. The fraction of sp³-hybridized carbons (Fsp3) is 0.812. The number of carbonyl (C=O) groups is 3. The third-order valence-corrected chi connectivity index (χ3v) is 4.20. The molecule has 1 aliphatic heterocycles. The van der Waals surface area contributed by atoms with Crippen LogP contribution in [0.5, 0.6) is 0 Å². The van der Waals surface area contributed by atoms with Crippen molar-refractivity contribution in [2.75, 3.05) is 13.2 Å². The fourth-order valence-electron chi connectivity index (χ4n) is 2.88. The minimum absolute atomic E-state index is 0.298. The third kappa shape index (κ3) is 5.17. The van der Waals surface area contributed by atoms with Crippen LogP contribution < -0.4 is 5.48 Å². The molecule has 0 aromatic heterocycles. The Morgan fingerprint density at radius 2 is 2.00 bits per heavy atom. The number of likely N-dealkylation sites (tertiary alicyclic amines) is 1. The smallest absolute Gasteiger partial charge is 0.328 e. The molecular formula is C16H28N2O6. The Kier molecular flexibility index (Phi) is 8.70. The van der Waals surface area contributed by atoms with Gasteiger partial charge >= 0.3 is 5.97 Å². The van der Waals surface area contributed by atoms with Crippen molar-refractivity contribution in [1.29, 1.82) is 0 Å². The number of unbranched alkanes of at least 4 members (excludes halogenated alkanes) is 1. The highest BCUT2D eigenvalue weighted by atomic mass is 16.5. The molecule has 0 radical (unpaired) electrons. The second-order valence-electron chi connectivity index (χ2n) is 6.03. The minimum Gasteiger partial charge on any atom is -0.464 e. The van der Waals surface area contributed by atoms with Crippen LogP contribution in [0.4, 0.5) is 0 Å². The Bertz CT molecular complexity index is 442. The summed E-state index contributed by atoms with van der Waals surface area (Å²) in [5.74, 6) is -2.90. The highest BCUT2D eigenvalue weighted by molar-refractivity contribution is 5.91. The summed E-state index contributed by atoms with van der Waals surface area (Å²) < 4.78 is 5.13. The van der Waals surface area contributed by atoms with E-state index in [0.717, 1.165) is 6.42 Å².